The zero-order chi connectivity index (χ0) is 9.68. The Balaban J connectivity index is 2.43. The van der Waals surface area contributed by atoms with Gasteiger partial charge in [-0.25, -0.2) is 4.79 Å². The minimum atomic E-state index is -1.11. The summed E-state index contributed by atoms with van der Waals surface area (Å²) < 4.78 is 0. The summed E-state index contributed by atoms with van der Waals surface area (Å²) in [6.07, 6.45) is 4.95. The van der Waals surface area contributed by atoms with Crippen molar-refractivity contribution in [3.05, 3.63) is 0 Å². The molecule has 1 aliphatic carbocycles. The molecule has 0 spiro atoms. The van der Waals surface area contributed by atoms with Crippen LogP contribution in [0.25, 0.3) is 0 Å². The Morgan fingerprint density at radius 2 is 2.00 bits per heavy atom. The highest BCUT2D eigenvalue weighted by atomic mass is 16.4. The predicted molar refractivity (Wildman–Crippen MR) is 47.6 cm³/mol. The number of carboxylic acid groups (broad SMARTS) is 1. The first-order valence-corrected chi connectivity index (χ1v) is 4.69. The second-order valence-electron chi connectivity index (χ2n) is 3.51. The predicted octanol–water partition coefficient (Wildman–Crippen LogP) is 1.40. The Morgan fingerprint density at radius 3 is 2.46 bits per heavy atom. The third kappa shape index (κ3) is 3.05. The van der Waals surface area contributed by atoms with Gasteiger partial charge in [-0.15, -0.1) is 0 Å². The lowest BCUT2D eigenvalue weighted by molar-refractivity contribution is -0.110. The third-order valence-electron chi connectivity index (χ3n) is 2.59. The monoisotopic (exact) mass is 185 g/mol. The summed E-state index contributed by atoms with van der Waals surface area (Å²) in [5.74, 6) is 0.211. The van der Waals surface area contributed by atoms with Crippen LogP contribution in [0, 0.1) is 5.92 Å². The zero-order valence-corrected chi connectivity index (χ0v) is 7.53. The molecule has 0 saturated heterocycles. The summed E-state index contributed by atoms with van der Waals surface area (Å²) in [7, 11) is 0. The van der Waals surface area contributed by atoms with Crippen LogP contribution in [0.15, 0.2) is 0 Å². The molecule has 0 aliphatic heterocycles. The Morgan fingerprint density at radius 1 is 1.38 bits per heavy atom. The van der Waals surface area contributed by atoms with E-state index in [0.717, 1.165) is 25.7 Å². The number of rotatable bonds is 3. The molecule has 1 atom stereocenters. The molecule has 1 rings (SSSR count). The van der Waals surface area contributed by atoms with Gasteiger partial charge in [0.1, 0.15) is 6.29 Å². The molecule has 1 amide bonds. The van der Waals surface area contributed by atoms with Gasteiger partial charge in [-0.1, -0.05) is 19.3 Å². The Kier molecular flexibility index (Phi) is 3.73. The highest BCUT2D eigenvalue weighted by Gasteiger charge is 2.24. The van der Waals surface area contributed by atoms with E-state index in [1.54, 1.807) is 0 Å². The van der Waals surface area contributed by atoms with Gasteiger partial charge in [0.2, 0.25) is 0 Å². The van der Waals surface area contributed by atoms with Crippen molar-refractivity contribution < 1.29 is 14.7 Å². The van der Waals surface area contributed by atoms with Crippen LogP contribution in [0.1, 0.15) is 32.1 Å². The number of hydrogen-bond acceptors (Lipinski definition) is 2. The van der Waals surface area contributed by atoms with Crippen LogP contribution in [-0.2, 0) is 4.79 Å². The molecule has 2 N–H and O–H groups in total. The van der Waals surface area contributed by atoms with Gasteiger partial charge in [-0.05, 0) is 18.8 Å². The standard InChI is InChI=1S/C9H15NO3/c11-6-8(10-9(12)13)7-4-2-1-3-5-7/h6-8,10H,1-5H2,(H,12,13). The van der Waals surface area contributed by atoms with Gasteiger partial charge in [0.25, 0.3) is 0 Å². The van der Waals surface area contributed by atoms with Crippen molar-refractivity contribution in [3.8, 4) is 0 Å². The quantitative estimate of drug-likeness (QED) is 0.653. The van der Waals surface area contributed by atoms with Crippen LogP contribution in [0.5, 0.6) is 0 Å². The van der Waals surface area contributed by atoms with Crippen LogP contribution in [0.3, 0.4) is 0 Å². The van der Waals surface area contributed by atoms with Gasteiger partial charge < -0.3 is 15.2 Å². The number of carbonyl (C=O) groups is 2. The van der Waals surface area contributed by atoms with Gasteiger partial charge in [-0.3, -0.25) is 0 Å². The minimum Gasteiger partial charge on any atom is -0.465 e. The van der Waals surface area contributed by atoms with Gasteiger partial charge in [0.15, 0.2) is 0 Å². The van der Waals surface area contributed by atoms with E-state index in [4.69, 9.17) is 5.11 Å². The smallest absolute Gasteiger partial charge is 0.405 e. The highest BCUT2D eigenvalue weighted by molar-refractivity contribution is 5.71. The first-order valence-electron chi connectivity index (χ1n) is 4.69. The molecular weight excluding hydrogens is 170 g/mol. The molecule has 74 valence electrons. The van der Waals surface area contributed by atoms with Crippen molar-refractivity contribution in [2.24, 2.45) is 5.92 Å². The van der Waals surface area contributed by atoms with Crippen molar-refractivity contribution in [2.75, 3.05) is 0 Å². The summed E-state index contributed by atoms with van der Waals surface area (Å²) in [6.45, 7) is 0. The van der Waals surface area contributed by atoms with E-state index < -0.39 is 12.1 Å². The van der Waals surface area contributed by atoms with Crippen molar-refractivity contribution in [1.29, 1.82) is 0 Å². The highest BCUT2D eigenvalue weighted by Crippen LogP contribution is 2.25. The molecule has 0 heterocycles. The summed E-state index contributed by atoms with van der Waals surface area (Å²) in [6, 6.07) is -0.502. The molecule has 1 saturated carbocycles. The van der Waals surface area contributed by atoms with Gasteiger partial charge in [0, 0.05) is 0 Å². The normalized spacial score (nSPS) is 20.6. The number of carbonyl (C=O) groups excluding carboxylic acids is 1. The van der Waals surface area contributed by atoms with E-state index >= 15 is 0 Å². The van der Waals surface area contributed by atoms with E-state index in [2.05, 4.69) is 5.32 Å². The number of nitrogens with one attached hydrogen (secondary N) is 1. The van der Waals surface area contributed by atoms with Crippen LogP contribution in [-0.4, -0.2) is 23.5 Å². The number of hydrogen-bond donors (Lipinski definition) is 2. The summed E-state index contributed by atoms with van der Waals surface area (Å²) in [5.41, 5.74) is 0. The Hall–Kier alpha value is -1.06. The molecule has 1 fully saturated rings. The van der Waals surface area contributed by atoms with Gasteiger partial charge in [0.05, 0.1) is 6.04 Å². The maximum absolute atomic E-state index is 10.6. The molecule has 1 unspecified atom stereocenters. The maximum Gasteiger partial charge on any atom is 0.405 e. The average molecular weight is 185 g/mol. The molecule has 4 nitrogen and oxygen atoms in total. The molecule has 13 heavy (non-hydrogen) atoms. The summed E-state index contributed by atoms with van der Waals surface area (Å²) >= 11 is 0. The lowest BCUT2D eigenvalue weighted by Crippen LogP contribution is -2.41. The fourth-order valence-electron chi connectivity index (χ4n) is 1.90. The average Bonchev–Trinajstić information content (AvgIpc) is 2.15. The second-order valence-corrected chi connectivity index (χ2v) is 3.51. The van der Waals surface area contributed by atoms with E-state index in [1.807, 2.05) is 0 Å². The number of aldehydes is 1. The largest absolute Gasteiger partial charge is 0.465 e. The minimum absolute atomic E-state index is 0.211. The van der Waals surface area contributed by atoms with E-state index in [1.165, 1.54) is 6.42 Å². The maximum atomic E-state index is 10.6. The Labute approximate surface area is 77.3 Å². The molecular formula is C9H15NO3. The third-order valence-corrected chi connectivity index (χ3v) is 2.59. The SMILES string of the molecule is O=CC(NC(=O)O)C1CCCCC1. The molecule has 0 radical (unpaired) electrons. The number of amides is 1. The van der Waals surface area contributed by atoms with Gasteiger partial charge in [-0.2, -0.15) is 0 Å². The molecule has 1 aliphatic rings. The van der Waals surface area contributed by atoms with Crippen LogP contribution < -0.4 is 5.32 Å². The molecule has 0 bridgehead atoms. The zero-order valence-electron chi connectivity index (χ0n) is 7.53. The van der Waals surface area contributed by atoms with Crippen molar-refractivity contribution in [2.45, 2.75) is 38.1 Å². The van der Waals surface area contributed by atoms with Crippen molar-refractivity contribution >= 4 is 12.4 Å². The lowest BCUT2D eigenvalue weighted by Gasteiger charge is -2.26. The van der Waals surface area contributed by atoms with Crippen molar-refractivity contribution in [1.82, 2.24) is 5.32 Å². The fourth-order valence-corrected chi connectivity index (χ4v) is 1.90. The first kappa shape index (κ1) is 10.0. The van der Waals surface area contributed by atoms with Crippen LogP contribution >= 0.6 is 0 Å². The van der Waals surface area contributed by atoms with Crippen LogP contribution in [0.4, 0.5) is 4.79 Å². The van der Waals surface area contributed by atoms with E-state index in [-0.39, 0.29) is 5.92 Å². The van der Waals surface area contributed by atoms with E-state index in [0.29, 0.717) is 6.29 Å². The molecule has 0 aromatic rings. The van der Waals surface area contributed by atoms with Crippen LogP contribution in [0.2, 0.25) is 0 Å². The summed E-state index contributed by atoms with van der Waals surface area (Å²) in [5, 5.41) is 10.7. The lowest BCUT2D eigenvalue weighted by atomic mass is 9.84. The molecule has 0 aromatic carbocycles. The topological polar surface area (TPSA) is 66.4 Å². The first-order chi connectivity index (χ1) is 6.24. The Bertz CT molecular complexity index is 187. The second kappa shape index (κ2) is 4.84. The molecule has 0 aromatic heterocycles. The van der Waals surface area contributed by atoms with Crippen molar-refractivity contribution in [3.63, 3.8) is 0 Å². The van der Waals surface area contributed by atoms with Gasteiger partial charge >= 0.3 is 6.09 Å². The fraction of sp³-hybridized carbons (Fsp3) is 0.778. The molecule has 4 heteroatoms. The summed E-state index contributed by atoms with van der Waals surface area (Å²) in [4.78, 5) is 21.0. The van der Waals surface area contributed by atoms with E-state index in [9.17, 15) is 9.59 Å².